The molecule has 1 rings (SSSR count). The molecule has 0 aliphatic heterocycles. The Labute approximate surface area is 93.0 Å². The number of hydrogen-bond acceptors (Lipinski definition) is 4. The Morgan fingerprint density at radius 3 is 2.75 bits per heavy atom. The number of aryl methyl sites for hydroxylation is 1. The van der Waals surface area contributed by atoms with E-state index in [9.17, 15) is 10.2 Å². The number of hydrogen-bond donors (Lipinski definition) is 3. The molecule has 2 atom stereocenters. The Kier molecular flexibility index (Phi) is 4.13. The summed E-state index contributed by atoms with van der Waals surface area (Å²) in [4.78, 5) is 2.51. The first-order valence-electron chi connectivity index (χ1n) is 4.79. The minimum Gasteiger partial charge on any atom is -0.399 e. The molecule has 2 unspecified atom stereocenters. The number of nitrogen functional groups attached to an aromatic ring is 1. The molecule has 0 aliphatic carbocycles. The number of azide groups is 1. The van der Waals surface area contributed by atoms with Crippen LogP contribution in [0.1, 0.15) is 17.2 Å². The van der Waals surface area contributed by atoms with Crippen molar-refractivity contribution in [1.82, 2.24) is 0 Å². The summed E-state index contributed by atoms with van der Waals surface area (Å²) in [6.45, 7) is 1.67. The van der Waals surface area contributed by atoms with Crippen LogP contribution in [0.5, 0.6) is 0 Å². The number of anilines is 1. The molecule has 1 aromatic carbocycles. The van der Waals surface area contributed by atoms with Crippen LogP contribution in [0, 0.1) is 6.92 Å². The maximum Gasteiger partial charge on any atom is 0.105 e. The predicted octanol–water partition coefficient (Wildman–Crippen LogP) is 1.28. The van der Waals surface area contributed by atoms with Crippen LogP contribution in [0.2, 0.25) is 0 Å². The van der Waals surface area contributed by atoms with E-state index in [2.05, 4.69) is 10.0 Å². The zero-order valence-electron chi connectivity index (χ0n) is 8.91. The van der Waals surface area contributed by atoms with Crippen molar-refractivity contribution in [2.45, 2.75) is 19.1 Å². The third kappa shape index (κ3) is 2.87. The van der Waals surface area contributed by atoms with Gasteiger partial charge in [0, 0.05) is 10.6 Å². The van der Waals surface area contributed by atoms with Crippen LogP contribution in [0.4, 0.5) is 5.69 Å². The molecule has 0 bridgehead atoms. The van der Waals surface area contributed by atoms with Gasteiger partial charge in [-0.05, 0) is 29.6 Å². The van der Waals surface area contributed by atoms with Crippen molar-refractivity contribution in [2.75, 3.05) is 12.3 Å². The monoisotopic (exact) mass is 222 g/mol. The van der Waals surface area contributed by atoms with Gasteiger partial charge < -0.3 is 15.9 Å². The molecule has 0 saturated heterocycles. The van der Waals surface area contributed by atoms with Gasteiger partial charge in [-0.15, -0.1) is 0 Å². The van der Waals surface area contributed by atoms with Crippen molar-refractivity contribution in [3.63, 3.8) is 0 Å². The molecule has 1 aromatic rings. The summed E-state index contributed by atoms with van der Waals surface area (Å²) in [7, 11) is 0. The maximum atomic E-state index is 9.74. The summed E-state index contributed by atoms with van der Waals surface area (Å²) in [6, 6.07) is 5.03. The summed E-state index contributed by atoms with van der Waals surface area (Å²) in [5, 5.41) is 22.4. The fourth-order valence-corrected chi connectivity index (χ4v) is 1.29. The van der Waals surface area contributed by atoms with Gasteiger partial charge in [-0.3, -0.25) is 0 Å². The molecule has 6 heteroatoms. The fourth-order valence-electron chi connectivity index (χ4n) is 1.29. The van der Waals surface area contributed by atoms with Gasteiger partial charge in [0.1, 0.15) is 6.10 Å². The number of aliphatic hydroxyl groups excluding tert-OH is 2. The fraction of sp³-hybridized carbons (Fsp3) is 0.400. The molecule has 0 aromatic heterocycles. The van der Waals surface area contributed by atoms with Crippen molar-refractivity contribution in [1.29, 1.82) is 0 Å². The lowest BCUT2D eigenvalue weighted by Gasteiger charge is -2.17. The van der Waals surface area contributed by atoms with E-state index in [0.717, 1.165) is 5.56 Å². The molecule has 0 heterocycles. The lowest BCUT2D eigenvalue weighted by atomic mass is 10.0. The van der Waals surface area contributed by atoms with Gasteiger partial charge in [0.25, 0.3) is 0 Å². The van der Waals surface area contributed by atoms with Crippen molar-refractivity contribution < 1.29 is 10.2 Å². The third-order valence-electron chi connectivity index (χ3n) is 2.34. The van der Waals surface area contributed by atoms with Crippen LogP contribution >= 0.6 is 0 Å². The lowest BCUT2D eigenvalue weighted by Crippen LogP contribution is -2.21. The minimum atomic E-state index is -1.13. The van der Waals surface area contributed by atoms with E-state index in [0.29, 0.717) is 11.3 Å². The molecule has 0 radical (unpaired) electrons. The van der Waals surface area contributed by atoms with E-state index in [-0.39, 0.29) is 6.54 Å². The van der Waals surface area contributed by atoms with E-state index in [1.165, 1.54) is 0 Å². The quantitative estimate of drug-likeness (QED) is 0.308. The second-order valence-corrected chi connectivity index (χ2v) is 3.54. The van der Waals surface area contributed by atoms with Crippen molar-refractivity contribution in [2.24, 2.45) is 5.11 Å². The van der Waals surface area contributed by atoms with E-state index in [1.807, 2.05) is 6.92 Å². The highest BCUT2D eigenvalue weighted by atomic mass is 16.3. The highest BCUT2D eigenvalue weighted by Gasteiger charge is 2.17. The van der Waals surface area contributed by atoms with Crippen molar-refractivity contribution >= 4 is 5.69 Å². The molecular weight excluding hydrogens is 208 g/mol. The average Bonchev–Trinajstić information content (AvgIpc) is 2.28. The minimum absolute atomic E-state index is 0.175. The lowest BCUT2D eigenvalue weighted by molar-refractivity contribution is 0.0244. The van der Waals surface area contributed by atoms with Crippen LogP contribution < -0.4 is 5.73 Å². The highest BCUT2D eigenvalue weighted by molar-refractivity contribution is 5.48. The van der Waals surface area contributed by atoms with Crippen LogP contribution in [0.15, 0.2) is 23.3 Å². The van der Waals surface area contributed by atoms with Crippen LogP contribution in [-0.4, -0.2) is 22.9 Å². The Balaban J connectivity index is 2.82. The molecule has 0 spiro atoms. The Bertz CT molecular complexity index is 415. The maximum absolute atomic E-state index is 9.74. The van der Waals surface area contributed by atoms with E-state index in [1.54, 1.807) is 18.2 Å². The van der Waals surface area contributed by atoms with Gasteiger partial charge in [0.15, 0.2) is 0 Å². The summed E-state index contributed by atoms with van der Waals surface area (Å²) < 4.78 is 0. The Hall–Kier alpha value is -1.75. The Morgan fingerprint density at radius 1 is 1.50 bits per heavy atom. The average molecular weight is 222 g/mol. The normalized spacial score (nSPS) is 13.9. The predicted molar refractivity (Wildman–Crippen MR) is 60.6 cm³/mol. The molecule has 0 fully saturated rings. The number of nitrogens with two attached hydrogens (primary N) is 1. The second kappa shape index (κ2) is 5.37. The van der Waals surface area contributed by atoms with Gasteiger partial charge in [-0.2, -0.15) is 0 Å². The number of nitrogens with zero attached hydrogens (tertiary/aromatic N) is 3. The molecule has 86 valence electrons. The SMILES string of the molecule is Cc1ccc(C(O)C(O)CN=[N+]=[N-])cc1N. The van der Waals surface area contributed by atoms with Gasteiger partial charge in [0.2, 0.25) is 0 Å². The standard InChI is InChI=1S/C10H14N4O2/c1-6-2-3-7(4-8(6)11)10(16)9(15)5-13-14-12/h2-4,9-10,15-16H,5,11H2,1H3. The summed E-state index contributed by atoms with van der Waals surface area (Å²) in [6.07, 6.45) is -2.23. The zero-order chi connectivity index (χ0) is 12.1. The summed E-state index contributed by atoms with van der Waals surface area (Å²) in [5.74, 6) is 0. The number of aliphatic hydroxyl groups is 2. The molecule has 0 amide bonds. The van der Waals surface area contributed by atoms with E-state index in [4.69, 9.17) is 11.3 Å². The molecule has 6 nitrogen and oxygen atoms in total. The van der Waals surface area contributed by atoms with Gasteiger partial charge in [-0.25, -0.2) is 0 Å². The van der Waals surface area contributed by atoms with Crippen molar-refractivity contribution in [3.05, 3.63) is 39.8 Å². The Morgan fingerprint density at radius 2 is 2.19 bits per heavy atom. The summed E-state index contributed by atoms with van der Waals surface area (Å²) in [5.41, 5.74) is 15.7. The molecule has 16 heavy (non-hydrogen) atoms. The van der Waals surface area contributed by atoms with Crippen molar-refractivity contribution in [3.8, 4) is 0 Å². The van der Waals surface area contributed by atoms with Crippen LogP contribution in [-0.2, 0) is 0 Å². The first-order chi connectivity index (χ1) is 7.56. The summed E-state index contributed by atoms with van der Waals surface area (Å²) >= 11 is 0. The largest absolute Gasteiger partial charge is 0.399 e. The highest BCUT2D eigenvalue weighted by Crippen LogP contribution is 2.21. The molecule has 4 N–H and O–H groups in total. The van der Waals surface area contributed by atoms with Gasteiger partial charge >= 0.3 is 0 Å². The second-order valence-electron chi connectivity index (χ2n) is 3.54. The van der Waals surface area contributed by atoms with E-state index >= 15 is 0 Å². The van der Waals surface area contributed by atoms with E-state index < -0.39 is 12.2 Å². The zero-order valence-corrected chi connectivity index (χ0v) is 8.91. The number of rotatable bonds is 4. The van der Waals surface area contributed by atoms with Gasteiger partial charge in [-0.1, -0.05) is 17.2 Å². The topological polar surface area (TPSA) is 115 Å². The molecule has 0 aliphatic rings. The number of benzene rings is 1. The van der Waals surface area contributed by atoms with Gasteiger partial charge in [0.05, 0.1) is 12.6 Å². The van der Waals surface area contributed by atoms with Crippen LogP contribution in [0.25, 0.3) is 10.4 Å². The third-order valence-corrected chi connectivity index (χ3v) is 2.34. The van der Waals surface area contributed by atoms with Crippen LogP contribution in [0.3, 0.4) is 0 Å². The molecular formula is C10H14N4O2. The first kappa shape index (κ1) is 12.3. The first-order valence-corrected chi connectivity index (χ1v) is 4.79. The smallest absolute Gasteiger partial charge is 0.105 e. The molecule has 0 saturated carbocycles.